The Bertz CT molecular complexity index is 494. The molecule has 0 bridgehead atoms. The zero-order valence-corrected chi connectivity index (χ0v) is 10.0. The lowest BCUT2D eigenvalue weighted by Gasteiger charge is -2.14. The van der Waals surface area contributed by atoms with E-state index in [1.807, 2.05) is 19.1 Å². The third-order valence-electron chi connectivity index (χ3n) is 2.75. The van der Waals surface area contributed by atoms with Gasteiger partial charge in [-0.15, -0.1) is 0 Å². The van der Waals surface area contributed by atoms with Crippen LogP contribution in [-0.4, -0.2) is 4.98 Å². The van der Waals surface area contributed by atoms with E-state index in [0.717, 1.165) is 11.6 Å². The largest absolute Gasteiger partial charge is 0.306 e. The molecule has 0 fully saturated rings. The van der Waals surface area contributed by atoms with Crippen LogP contribution in [0.5, 0.6) is 0 Å². The summed E-state index contributed by atoms with van der Waals surface area (Å²) in [7, 11) is 0. The summed E-state index contributed by atoms with van der Waals surface area (Å²) in [4.78, 5) is 3.93. The van der Waals surface area contributed by atoms with Crippen molar-refractivity contribution in [3.05, 3.63) is 65.5 Å². The molecule has 1 aromatic heterocycles. The molecule has 0 aliphatic rings. The number of benzene rings is 1. The van der Waals surface area contributed by atoms with Gasteiger partial charge in [0.1, 0.15) is 11.6 Å². The molecule has 1 heterocycles. The van der Waals surface area contributed by atoms with E-state index in [9.17, 15) is 8.78 Å². The SMILES string of the molecule is CC(NCc1ccncc1)c1cc(F)cc(F)c1. The minimum absolute atomic E-state index is 0.122. The number of hydrogen-bond donors (Lipinski definition) is 1. The lowest BCUT2D eigenvalue weighted by Crippen LogP contribution is -2.18. The van der Waals surface area contributed by atoms with Crippen LogP contribution in [0.15, 0.2) is 42.7 Å². The molecule has 0 radical (unpaired) electrons. The standard InChI is InChI=1S/C14H14F2N2/c1-10(12-6-13(15)8-14(16)7-12)18-9-11-2-4-17-5-3-11/h2-8,10,18H,9H2,1H3. The van der Waals surface area contributed by atoms with Gasteiger partial charge in [-0.25, -0.2) is 8.78 Å². The maximum absolute atomic E-state index is 13.1. The molecule has 1 atom stereocenters. The summed E-state index contributed by atoms with van der Waals surface area (Å²) in [6.07, 6.45) is 3.42. The number of nitrogens with one attached hydrogen (secondary N) is 1. The Hall–Kier alpha value is -1.81. The van der Waals surface area contributed by atoms with E-state index in [0.29, 0.717) is 12.1 Å². The fourth-order valence-corrected chi connectivity index (χ4v) is 1.71. The maximum Gasteiger partial charge on any atom is 0.126 e. The minimum atomic E-state index is -0.553. The average molecular weight is 248 g/mol. The van der Waals surface area contributed by atoms with E-state index in [1.165, 1.54) is 12.1 Å². The van der Waals surface area contributed by atoms with Gasteiger partial charge in [0, 0.05) is 31.0 Å². The van der Waals surface area contributed by atoms with Crippen molar-refractivity contribution >= 4 is 0 Å². The van der Waals surface area contributed by atoms with Crippen LogP contribution in [0.25, 0.3) is 0 Å². The molecule has 1 unspecified atom stereocenters. The summed E-state index contributed by atoms with van der Waals surface area (Å²) in [5.41, 5.74) is 1.68. The Morgan fingerprint density at radius 2 is 1.72 bits per heavy atom. The number of halogens is 2. The maximum atomic E-state index is 13.1. The molecule has 0 aliphatic carbocycles. The van der Waals surface area contributed by atoms with E-state index in [4.69, 9.17) is 0 Å². The van der Waals surface area contributed by atoms with Crippen LogP contribution in [-0.2, 0) is 6.54 Å². The van der Waals surface area contributed by atoms with Crippen molar-refractivity contribution < 1.29 is 8.78 Å². The predicted octanol–water partition coefficient (Wildman–Crippen LogP) is 3.21. The monoisotopic (exact) mass is 248 g/mol. The Morgan fingerprint density at radius 3 is 2.33 bits per heavy atom. The van der Waals surface area contributed by atoms with Gasteiger partial charge in [-0.1, -0.05) is 0 Å². The zero-order valence-electron chi connectivity index (χ0n) is 10.0. The van der Waals surface area contributed by atoms with E-state index < -0.39 is 11.6 Å². The van der Waals surface area contributed by atoms with Gasteiger partial charge < -0.3 is 5.32 Å². The highest BCUT2D eigenvalue weighted by Gasteiger charge is 2.08. The topological polar surface area (TPSA) is 24.9 Å². The highest BCUT2D eigenvalue weighted by molar-refractivity contribution is 5.21. The van der Waals surface area contributed by atoms with Crippen molar-refractivity contribution in [2.45, 2.75) is 19.5 Å². The molecule has 0 saturated carbocycles. The number of pyridine rings is 1. The summed E-state index contributed by atoms with van der Waals surface area (Å²) in [5, 5.41) is 3.21. The third kappa shape index (κ3) is 3.34. The molecular formula is C14H14F2N2. The summed E-state index contributed by atoms with van der Waals surface area (Å²) < 4.78 is 26.2. The van der Waals surface area contributed by atoms with Gasteiger partial charge in [-0.2, -0.15) is 0 Å². The first-order valence-electron chi connectivity index (χ1n) is 5.73. The van der Waals surface area contributed by atoms with Gasteiger partial charge in [0.15, 0.2) is 0 Å². The van der Waals surface area contributed by atoms with Gasteiger partial charge in [-0.3, -0.25) is 4.98 Å². The Labute approximate surface area is 105 Å². The van der Waals surface area contributed by atoms with Gasteiger partial charge in [0.25, 0.3) is 0 Å². The van der Waals surface area contributed by atoms with Crippen molar-refractivity contribution in [3.63, 3.8) is 0 Å². The first-order valence-corrected chi connectivity index (χ1v) is 5.73. The van der Waals surface area contributed by atoms with Crippen LogP contribution in [0.1, 0.15) is 24.1 Å². The van der Waals surface area contributed by atoms with Crippen LogP contribution in [0.3, 0.4) is 0 Å². The van der Waals surface area contributed by atoms with Crippen LogP contribution < -0.4 is 5.32 Å². The van der Waals surface area contributed by atoms with Crippen molar-refractivity contribution in [1.29, 1.82) is 0 Å². The number of hydrogen-bond acceptors (Lipinski definition) is 2. The summed E-state index contributed by atoms with van der Waals surface area (Å²) in [6.45, 7) is 2.50. The lowest BCUT2D eigenvalue weighted by atomic mass is 10.1. The average Bonchev–Trinajstić information content (AvgIpc) is 2.36. The number of rotatable bonds is 4. The first-order chi connectivity index (χ1) is 8.65. The van der Waals surface area contributed by atoms with Gasteiger partial charge in [0.05, 0.1) is 0 Å². The smallest absolute Gasteiger partial charge is 0.126 e. The van der Waals surface area contributed by atoms with E-state index in [-0.39, 0.29) is 6.04 Å². The van der Waals surface area contributed by atoms with Crippen molar-refractivity contribution in [1.82, 2.24) is 10.3 Å². The van der Waals surface area contributed by atoms with Crippen molar-refractivity contribution in [2.75, 3.05) is 0 Å². The predicted molar refractivity (Wildman–Crippen MR) is 65.8 cm³/mol. The van der Waals surface area contributed by atoms with Crippen LogP contribution in [0, 0.1) is 11.6 Å². The summed E-state index contributed by atoms with van der Waals surface area (Å²) in [6, 6.07) is 7.22. The third-order valence-corrected chi connectivity index (χ3v) is 2.75. The molecular weight excluding hydrogens is 234 g/mol. The van der Waals surface area contributed by atoms with Crippen LogP contribution in [0.2, 0.25) is 0 Å². The normalized spacial score (nSPS) is 12.4. The van der Waals surface area contributed by atoms with E-state index in [2.05, 4.69) is 10.3 Å². The molecule has 0 aliphatic heterocycles. The Morgan fingerprint density at radius 1 is 1.11 bits per heavy atom. The molecule has 2 rings (SSSR count). The highest BCUT2D eigenvalue weighted by Crippen LogP contribution is 2.16. The van der Waals surface area contributed by atoms with Crippen LogP contribution in [0.4, 0.5) is 8.78 Å². The second kappa shape index (κ2) is 5.69. The molecule has 1 N–H and O–H groups in total. The van der Waals surface area contributed by atoms with Gasteiger partial charge >= 0.3 is 0 Å². The zero-order chi connectivity index (χ0) is 13.0. The van der Waals surface area contributed by atoms with Gasteiger partial charge in [-0.05, 0) is 42.3 Å². The molecule has 0 spiro atoms. The fourth-order valence-electron chi connectivity index (χ4n) is 1.71. The second-order valence-corrected chi connectivity index (χ2v) is 4.16. The minimum Gasteiger partial charge on any atom is -0.306 e. The first kappa shape index (κ1) is 12.6. The molecule has 4 heteroatoms. The highest BCUT2D eigenvalue weighted by atomic mass is 19.1. The molecule has 2 nitrogen and oxygen atoms in total. The Kier molecular flexibility index (Phi) is 3.99. The van der Waals surface area contributed by atoms with Crippen LogP contribution >= 0.6 is 0 Å². The molecule has 1 aromatic carbocycles. The molecule has 2 aromatic rings. The lowest BCUT2D eigenvalue weighted by molar-refractivity contribution is 0.545. The summed E-state index contributed by atoms with van der Waals surface area (Å²) >= 11 is 0. The van der Waals surface area contributed by atoms with Gasteiger partial charge in [0.2, 0.25) is 0 Å². The molecule has 0 saturated heterocycles. The van der Waals surface area contributed by atoms with Crippen molar-refractivity contribution in [3.8, 4) is 0 Å². The molecule has 18 heavy (non-hydrogen) atoms. The van der Waals surface area contributed by atoms with Crippen molar-refractivity contribution in [2.24, 2.45) is 0 Å². The Balaban J connectivity index is 2.01. The quantitative estimate of drug-likeness (QED) is 0.898. The number of nitrogens with zero attached hydrogens (tertiary/aromatic N) is 1. The molecule has 94 valence electrons. The van der Waals surface area contributed by atoms with E-state index >= 15 is 0 Å². The molecule has 0 amide bonds. The fraction of sp³-hybridized carbons (Fsp3) is 0.214. The number of aromatic nitrogens is 1. The van der Waals surface area contributed by atoms with E-state index in [1.54, 1.807) is 12.4 Å². The summed E-state index contributed by atoms with van der Waals surface area (Å²) in [5.74, 6) is -1.11. The second-order valence-electron chi connectivity index (χ2n) is 4.16.